The summed E-state index contributed by atoms with van der Waals surface area (Å²) >= 11 is 0. The molecule has 1 aliphatic heterocycles. The summed E-state index contributed by atoms with van der Waals surface area (Å²) in [5.74, 6) is 0.313. The number of pyridine rings is 1. The van der Waals surface area contributed by atoms with E-state index in [0.717, 1.165) is 17.4 Å². The van der Waals surface area contributed by atoms with Gasteiger partial charge in [0.1, 0.15) is 11.6 Å². The minimum absolute atomic E-state index is 0.162. The van der Waals surface area contributed by atoms with Crippen LogP contribution in [-0.4, -0.2) is 23.1 Å². The Kier molecular flexibility index (Phi) is 3.08. The van der Waals surface area contributed by atoms with E-state index in [1.807, 2.05) is 26.8 Å². The van der Waals surface area contributed by atoms with E-state index in [1.165, 1.54) is 12.1 Å². The largest absolute Gasteiger partial charge is 0.333 e. The van der Waals surface area contributed by atoms with Crippen LogP contribution in [0.2, 0.25) is 0 Å². The van der Waals surface area contributed by atoms with Crippen molar-refractivity contribution >= 4 is 22.8 Å². The molecule has 0 aliphatic carbocycles. The zero-order valence-corrected chi connectivity index (χ0v) is 12.4. The van der Waals surface area contributed by atoms with Gasteiger partial charge in [-0.15, -0.1) is 0 Å². The normalized spacial score (nSPS) is 14.4. The summed E-state index contributed by atoms with van der Waals surface area (Å²) in [6, 6.07) is 6.37. The summed E-state index contributed by atoms with van der Waals surface area (Å²) in [5, 5.41) is 3.83. The number of urea groups is 1. The van der Waals surface area contributed by atoms with Crippen LogP contribution in [0.3, 0.4) is 0 Å². The molecule has 1 aromatic heterocycles. The van der Waals surface area contributed by atoms with E-state index >= 15 is 0 Å². The molecule has 1 aromatic carbocycles. The minimum atomic E-state index is -0.321. The molecule has 0 saturated heterocycles. The molecule has 0 unspecified atom stereocenters. The van der Waals surface area contributed by atoms with Crippen molar-refractivity contribution in [1.82, 2.24) is 10.3 Å². The summed E-state index contributed by atoms with van der Waals surface area (Å²) in [7, 11) is 0. The van der Waals surface area contributed by atoms with Crippen molar-refractivity contribution in [3.8, 4) is 0 Å². The van der Waals surface area contributed by atoms with Crippen molar-refractivity contribution in [2.75, 3.05) is 11.4 Å². The highest BCUT2D eigenvalue weighted by molar-refractivity contribution is 5.95. The third kappa shape index (κ3) is 2.68. The van der Waals surface area contributed by atoms with E-state index in [0.29, 0.717) is 17.9 Å². The van der Waals surface area contributed by atoms with Gasteiger partial charge in [-0.25, -0.2) is 14.2 Å². The van der Waals surface area contributed by atoms with Gasteiger partial charge in [-0.05, 0) is 51.0 Å². The molecule has 1 N–H and O–H groups in total. The molecule has 0 bridgehead atoms. The number of anilines is 1. The summed E-state index contributed by atoms with van der Waals surface area (Å²) in [5.41, 5.74) is 1.30. The maximum Gasteiger partial charge on any atom is 0.323 e. The van der Waals surface area contributed by atoms with Crippen molar-refractivity contribution in [1.29, 1.82) is 0 Å². The second kappa shape index (κ2) is 4.69. The van der Waals surface area contributed by atoms with Gasteiger partial charge >= 0.3 is 6.03 Å². The standard InChI is InChI=1S/C16H18FN3O/c1-16(2,3)19-15(21)20-7-6-11-8-10-4-5-12(17)9-13(10)18-14(11)20/h4-5,8-9H,6-7H2,1-3H3,(H,19,21). The molecular formula is C16H18FN3O. The lowest BCUT2D eigenvalue weighted by molar-refractivity contribution is 0.238. The first-order valence-electron chi connectivity index (χ1n) is 7.02. The van der Waals surface area contributed by atoms with Crippen LogP contribution in [0.15, 0.2) is 24.3 Å². The predicted molar refractivity (Wildman–Crippen MR) is 81.0 cm³/mol. The van der Waals surface area contributed by atoms with Gasteiger partial charge < -0.3 is 5.32 Å². The van der Waals surface area contributed by atoms with E-state index in [-0.39, 0.29) is 17.4 Å². The molecule has 110 valence electrons. The van der Waals surface area contributed by atoms with Crippen molar-refractivity contribution in [2.45, 2.75) is 32.7 Å². The Balaban J connectivity index is 1.99. The van der Waals surface area contributed by atoms with Crippen LogP contribution in [0, 0.1) is 5.82 Å². The SMILES string of the molecule is CC(C)(C)NC(=O)N1CCc2cc3ccc(F)cc3nc21. The number of fused-ring (bicyclic) bond motifs is 2. The second-order valence-electron chi connectivity index (χ2n) is 6.39. The third-order valence-electron chi connectivity index (χ3n) is 3.42. The van der Waals surface area contributed by atoms with Crippen LogP contribution in [-0.2, 0) is 6.42 Å². The fraction of sp³-hybridized carbons (Fsp3) is 0.375. The maximum absolute atomic E-state index is 13.3. The fourth-order valence-electron chi connectivity index (χ4n) is 2.52. The number of hydrogen-bond donors (Lipinski definition) is 1. The smallest absolute Gasteiger partial charge is 0.323 e. The number of nitrogens with zero attached hydrogens (tertiary/aromatic N) is 2. The first kappa shape index (κ1) is 13.8. The van der Waals surface area contributed by atoms with E-state index < -0.39 is 0 Å². The Morgan fingerprint density at radius 1 is 1.33 bits per heavy atom. The van der Waals surface area contributed by atoms with Gasteiger partial charge in [0.05, 0.1) is 5.52 Å². The molecule has 0 fully saturated rings. The number of carbonyl (C=O) groups excluding carboxylic acids is 1. The first-order valence-corrected chi connectivity index (χ1v) is 7.02. The fourth-order valence-corrected chi connectivity index (χ4v) is 2.52. The van der Waals surface area contributed by atoms with Crippen molar-refractivity contribution in [2.24, 2.45) is 0 Å². The summed E-state index contributed by atoms with van der Waals surface area (Å²) < 4.78 is 13.3. The number of aromatic nitrogens is 1. The van der Waals surface area contributed by atoms with Gasteiger partial charge in [-0.1, -0.05) is 0 Å². The Bertz CT molecular complexity index is 721. The zero-order chi connectivity index (χ0) is 15.2. The van der Waals surface area contributed by atoms with Crippen LogP contribution in [0.25, 0.3) is 10.9 Å². The number of carbonyl (C=O) groups is 1. The zero-order valence-electron chi connectivity index (χ0n) is 12.4. The minimum Gasteiger partial charge on any atom is -0.333 e. The van der Waals surface area contributed by atoms with E-state index in [4.69, 9.17) is 0 Å². The van der Waals surface area contributed by atoms with Gasteiger partial charge in [0, 0.05) is 23.5 Å². The number of rotatable bonds is 0. The van der Waals surface area contributed by atoms with Crippen LogP contribution >= 0.6 is 0 Å². The number of hydrogen-bond acceptors (Lipinski definition) is 2. The molecular weight excluding hydrogens is 269 g/mol. The van der Waals surface area contributed by atoms with E-state index in [9.17, 15) is 9.18 Å². The van der Waals surface area contributed by atoms with Crippen LogP contribution in [0.5, 0.6) is 0 Å². The summed E-state index contributed by atoms with van der Waals surface area (Å²) in [6.45, 7) is 6.41. The van der Waals surface area contributed by atoms with Gasteiger partial charge in [0.25, 0.3) is 0 Å². The highest BCUT2D eigenvalue weighted by Gasteiger charge is 2.28. The van der Waals surface area contributed by atoms with Gasteiger partial charge in [0.2, 0.25) is 0 Å². The first-order chi connectivity index (χ1) is 9.83. The molecule has 2 heterocycles. The molecule has 21 heavy (non-hydrogen) atoms. The van der Waals surface area contributed by atoms with Crippen LogP contribution < -0.4 is 10.2 Å². The predicted octanol–water partition coefficient (Wildman–Crippen LogP) is 3.24. The molecule has 0 atom stereocenters. The Morgan fingerprint density at radius 2 is 2.10 bits per heavy atom. The van der Waals surface area contributed by atoms with Crippen molar-refractivity contribution in [3.63, 3.8) is 0 Å². The molecule has 2 amide bonds. The molecule has 1 aliphatic rings. The lowest BCUT2D eigenvalue weighted by Crippen LogP contribution is -2.48. The van der Waals surface area contributed by atoms with Gasteiger partial charge in [-0.3, -0.25) is 4.90 Å². The molecule has 2 aromatic rings. The van der Waals surface area contributed by atoms with Crippen molar-refractivity contribution in [3.05, 3.63) is 35.6 Å². The number of halogens is 1. The topological polar surface area (TPSA) is 45.2 Å². The van der Waals surface area contributed by atoms with E-state index in [1.54, 1.807) is 11.0 Å². The van der Waals surface area contributed by atoms with Crippen molar-refractivity contribution < 1.29 is 9.18 Å². The average molecular weight is 287 g/mol. The van der Waals surface area contributed by atoms with E-state index in [2.05, 4.69) is 10.3 Å². The van der Waals surface area contributed by atoms with Crippen LogP contribution in [0.1, 0.15) is 26.3 Å². The Labute approximate surface area is 123 Å². The van der Waals surface area contributed by atoms with Gasteiger partial charge in [0.15, 0.2) is 0 Å². The van der Waals surface area contributed by atoms with Gasteiger partial charge in [-0.2, -0.15) is 0 Å². The number of benzene rings is 1. The number of amides is 2. The Hall–Kier alpha value is -2.17. The Morgan fingerprint density at radius 3 is 2.81 bits per heavy atom. The quantitative estimate of drug-likeness (QED) is 0.808. The molecule has 5 heteroatoms. The van der Waals surface area contributed by atoms with Crippen LogP contribution in [0.4, 0.5) is 15.0 Å². The lowest BCUT2D eigenvalue weighted by atomic mass is 10.1. The molecule has 0 spiro atoms. The molecule has 3 rings (SSSR count). The monoisotopic (exact) mass is 287 g/mol. The molecule has 0 saturated carbocycles. The average Bonchev–Trinajstić information content (AvgIpc) is 2.76. The highest BCUT2D eigenvalue weighted by atomic mass is 19.1. The summed E-state index contributed by atoms with van der Waals surface area (Å²) in [4.78, 5) is 18.4. The molecule has 4 nitrogen and oxygen atoms in total. The lowest BCUT2D eigenvalue weighted by Gasteiger charge is -2.25. The third-order valence-corrected chi connectivity index (χ3v) is 3.42. The molecule has 0 radical (unpaired) electrons. The maximum atomic E-state index is 13.3. The summed E-state index contributed by atoms with van der Waals surface area (Å²) in [6.07, 6.45) is 0.771. The highest BCUT2D eigenvalue weighted by Crippen LogP contribution is 2.29. The second-order valence-corrected chi connectivity index (χ2v) is 6.39. The number of nitrogens with one attached hydrogen (secondary N) is 1.